The van der Waals surface area contributed by atoms with Crippen molar-refractivity contribution in [2.75, 3.05) is 4.90 Å². The van der Waals surface area contributed by atoms with E-state index in [0.29, 0.717) is 10.6 Å². The van der Waals surface area contributed by atoms with Crippen LogP contribution >= 0.6 is 23.2 Å². The lowest BCUT2D eigenvalue weighted by Crippen LogP contribution is -2.32. The number of rotatable bonds is 3. The molecule has 1 aliphatic heterocycles. The van der Waals surface area contributed by atoms with Gasteiger partial charge in [0, 0.05) is 11.1 Å². The number of benzene rings is 2. The summed E-state index contributed by atoms with van der Waals surface area (Å²) in [6.07, 6.45) is 0. The van der Waals surface area contributed by atoms with Crippen LogP contribution in [0.4, 0.5) is 10.1 Å². The predicted octanol–water partition coefficient (Wildman–Crippen LogP) is 5.65. The van der Waals surface area contributed by atoms with Crippen molar-refractivity contribution in [3.05, 3.63) is 75.2 Å². The lowest BCUT2D eigenvalue weighted by molar-refractivity contribution is -0.123. The van der Waals surface area contributed by atoms with Crippen LogP contribution in [-0.4, -0.2) is 16.8 Å². The molecule has 0 aromatic heterocycles. The van der Waals surface area contributed by atoms with Crippen LogP contribution in [-0.2, 0) is 9.59 Å². The molecule has 1 heterocycles. The summed E-state index contributed by atoms with van der Waals surface area (Å²) in [6.45, 7) is 5.07. The molecule has 1 atom stereocenters. The van der Waals surface area contributed by atoms with Gasteiger partial charge in [-0.15, -0.1) is 0 Å². The molecule has 1 amide bonds. The molecule has 28 heavy (non-hydrogen) atoms. The molecule has 1 unspecified atom stereocenters. The van der Waals surface area contributed by atoms with Crippen molar-refractivity contribution >= 4 is 40.6 Å². The Balaban J connectivity index is 2.24. The molecular weight excluding hydrogens is 404 g/mol. The van der Waals surface area contributed by atoms with Crippen molar-refractivity contribution in [1.82, 2.24) is 0 Å². The van der Waals surface area contributed by atoms with Crippen LogP contribution < -0.4 is 4.90 Å². The maximum atomic E-state index is 13.8. The lowest BCUT2D eigenvalue weighted by Gasteiger charge is -2.29. The smallest absolute Gasteiger partial charge is 0.294 e. The Bertz CT molecular complexity index is 1010. The van der Waals surface area contributed by atoms with Gasteiger partial charge in [-0.2, -0.15) is 0 Å². The zero-order chi connectivity index (χ0) is 20.8. The molecule has 0 saturated carbocycles. The second-order valence-electron chi connectivity index (χ2n) is 7.57. The van der Waals surface area contributed by atoms with Gasteiger partial charge in [-0.3, -0.25) is 14.5 Å². The molecule has 0 radical (unpaired) electrons. The average Bonchev–Trinajstić information content (AvgIpc) is 2.87. The van der Waals surface area contributed by atoms with E-state index in [1.165, 1.54) is 35.2 Å². The third kappa shape index (κ3) is 3.52. The van der Waals surface area contributed by atoms with Gasteiger partial charge in [0.15, 0.2) is 11.5 Å². The summed E-state index contributed by atoms with van der Waals surface area (Å²) in [6, 6.07) is 9.12. The summed E-state index contributed by atoms with van der Waals surface area (Å²) < 4.78 is 13.8. The highest BCUT2D eigenvalue weighted by atomic mass is 35.5. The number of hydrogen-bond acceptors (Lipinski definition) is 3. The van der Waals surface area contributed by atoms with Crippen molar-refractivity contribution in [3.63, 3.8) is 0 Å². The van der Waals surface area contributed by atoms with Gasteiger partial charge in [0.05, 0.1) is 21.7 Å². The summed E-state index contributed by atoms with van der Waals surface area (Å²) in [7, 11) is 0. The van der Waals surface area contributed by atoms with E-state index in [-0.39, 0.29) is 16.3 Å². The highest BCUT2D eigenvalue weighted by molar-refractivity contribution is 6.42. The number of Topliss-reactive ketones (excluding diaryl/α,β-unsaturated/α-hetero) is 1. The molecule has 0 fully saturated rings. The number of ketones is 1. The first-order valence-corrected chi connectivity index (χ1v) is 9.30. The van der Waals surface area contributed by atoms with Crippen LogP contribution in [0.1, 0.15) is 32.4 Å². The number of halogens is 3. The third-order valence-corrected chi connectivity index (χ3v) is 5.22. The molecule has 2 aromatic carbocycles. The number of aliphatic hydroxyl groups is 1. The fraction of sp³-hybridized carbons (Fsp3) is 0.238. The van der Waals surface area contributed by atoms with Crippen LogP contribution in [0.3, 0.4) is 0 Å². The first kappa shape index (κ1) is 20.4. The highest BCUT2D eigenvalue weighted by Crippen LogP contribution is 2.44. The van der Waals surface area contributed by atoms with Gasteiger partial charge in [0.2, 0.25) is 0 Å². The summed E-state index contributed by atoms with van der Waals surface area (Å²) in [5.41, 5.74) is -0.219. The van der Waals surface area contributed by atoms with E-state index in [9.17, 15) is 19.1 Å². The summed E-state index contributed by atoms with van der Waals surface area (Å²) in [5, 5.41) is 11.1. The quantitative estimate of drug-likeness (QED) is 0.696. The van der Waals surface area contributed by atoms with Crippen molar-refractivity contribution in [1.29, 1.82) is 0 Å². The van der Waals surface area contributed by atoms with Gasteiger partial charge >= 0.3 is 0 Å². The standard InChI is InChI=1S/C21H18Cl2FNO3/c1-21(2,3)19(27)16-17(11-7-8-14(22)15(23)9-11)25(20(28)18(16)26)13-6-4-5-12(24)10-13/h4-10,17,26H,1-3H3. The van der Waals surface area contributed by atoms with Gasteiger partial charge in [-0.25, -0.2) is 4.39 Å². The van der Waals surface area contributed by atoms with Gasteiger partial charge in [-0.05, 0) is 35.9 Å². The summed E-state index contributed by atoms with van der Waals surface area (Å²) in [4.78, 5) is 27.1. The van der Waals surface area contributed by atoms with Crippen molar-refractivity contribution in [2.45, 2.75) is 26.8 Å². The van der Waals surface area contributed by atoms with Gasteiger partial charge in [0.1, 0.15) is 5.82 Å². The van der Waals surface area contributed by atoms with E-state index < -0.39 is 34.7 Å². The third-order valence-electron chi connectivity index (χ3n) is 4.48. The number of carbonyl (C=O) groups is 2. The molecule has 0 saturated heterocycles. The fourth-order valence-corrected chi connectivity index (χ4v) is 3.44. The normalized spacial score (nSPS) is 17.4. The zero-order valence-corrected chi connectivity index (χ0v) is 17.0. The van der Waals surface area contributed by atoms with Crippen LogP contribution in [0.25, 0.3) is 0 Å². The largest absolute Gasteiger partial charge is 0.503 e. The first-order chi connectivity index (χ1) is 13.0. The number of carbonyl (C=O) groups excluding carboxylic acids is 2. The van der Waals surface area contributed by atoms with Gasteiger partial charge in [-0.1, -0.05) is 56.1 Å². The minimum Gasteiger partial charge on any atom is -0.503 e. The Hall–Kier alpha value is -2.37. The maximum Gasteiger partial charge on any atom is 0.294 e. The molecular formula is C21H18Cl2FNO3. The highest BCUT2D eigenvalue weighted by Gasteiger charge is 2.46. The topological polar surface area (TPSA) is 57.6 Å². The van der Waals surface area contributed by atoms with Crippen LogP contribution in [0.5, 0.6) is 0 Å². The van der Waals surface area contributed by atoms with Crippen molar-refractivity contribution in [3.8, 4) is 0 Å². The molecule has 146 valence electrons. The Kier molecular flexibility index (Phi) is 5.26. The average molecular weight is 422 g/mol. The fourth-order valence-electron chi connectivity index (χ4n) is 3.13. The number of anilines is 1. The van der Waals surface area contributed by atoms with Crippen molar-refractivity contribution < 1.29 is 19.1 Å². The molecule has 0 spiro atoms. The minimum absolute atomic E-state index is 0.0554. The van der Waals surface area contributed by atoms with Gasteiger partial charge < -0.3 is 5.11 Å². The van der Waals surface area contributed by atoms with E-state index >= 15 is 0 Å². The molecule has 4 nitrogen and oxygen atoms in total. The molecule has 7 heteroatoms. The summed E-state index contributed by atoms with van der Waals surface area (Å²) in [5.74, 6) is -2.38. The zero-order valence-electron chi connectivity index (χ0n) is 15.5. The Labute approximate surface area is 172 Å². The van der Waals surface area contributed by atoms with Crippen LogP contribution in [0, 0.1) is 11.2 Å². The van der Waals surface area contributed by atoms with E-state index in [2.05, 4.69) is 0 Å². The monoisotopic (exact) mass is 421 g/mol. The molecule has 0 aliphatic carbocycles. The van der Waals surface area contributed by atoms with Gasteiger partial charge in [0.25, 0.3) is 5.91 Å². The predicted molar refractivity (Wildman–Crippen MR) is 107 cm³/mol. The number of amides is 1. The first-order valence-electron chi connectivity index (χ1n) is 8.54. The van der Waals surface area contributed by atoms with E-state index in [1.807, 2.05) is 0 Å². The Morgan fingerprint density at radius 3 is 2.36 bits per heavy atom. The Morgan fingerprint density at radius 1 is 1.11 bits per heavy atom. The maximum absolute atomic E-state index is 13.8. The SMILES string of the molecule is CC(C)(C)C(=O)C1=C(O)C(=O)N(c2cccc(F)c2)C1c1ccc(Cl)c(Cl)c1. The van der Waals surface area contributed by atoms with Crippen LogP contribution in [0.2, 0.25) is 10.0 Å². The minimum atomic E-state index is -0.962. The summed E-state index contributed by atoms with van der Waals surface area (Å²) >= 11 is 12.1. The molecule has 2 aromatic rings. The molecule has 1 N–H and O–H groups in total. The van der Waals surface area contributed by atoms with E-state index in [0.717, 1.165) is 0 Å². The second kappa shape index (κ2) is 7.22. The van der Waals surface area contributed by atoms with E-state index in [1.54, 1.807) is 32.9 Å². The molecule has 1 aliphatic rings. The van der Waals surface area contributed by atoms with E-state index in [4.69, 9.17) is 23.2 Å². The van der Waals surface area contributed by atoms with Crippen LogP contribution in [0.15, 0.2) is 53.8 Å². The Morgan fingerprint density at radius 2 is 1.79 bits per heavy atom. The molecule has 0 bridgehead atoms. The molecule has 3 rings (SSSR count). The second-order valence-corrected chi connectivity index (χ2v) is 8.39. The number of nitrogens with zero attached hydrogens (tertiary/aromatic N) is 1. The van der Waals surface area contributed by atoms with Crippen molar-refractivity contribution in [2.24, 2.45) is 5.41 Å². The number of aliphatic hydroxyl groups excluding tert-OH is 1. The lowest BCUT2D eigenvalue weighted by atomic mass is 9.82. The number of hydrogen-bond donors (Lipinski definition) is 1.